The maximum absolute atomic E-state index is 13.4. The molecule has 1 rings (SSSR count). The molecule has 4 heteroatoms. The van der Waals surface area contributed by atoms with Crippen molar-refractivity contribution in [2.24, 2.45) is 5.73 Å². The van der Waals surface area contributed by atoms with E-state index in [1.165, 1.54) is 6.07 Å². The van der Waals surface area contributed by atoms with Crippen LogP contribution in [0.4, 0.5) is 8.78 Å². The molecule has 1 aromatic carbocycles. The van der Waals surface area contributed by atoms with Crippen LogP contribution in [0.15, 0.2) is 12.1 Å². The molecule has 1 nitrogen and oxygen atoms in total. The second-order valence-corrected chi connectivity index (χ2v) is 4.39. The Bertz CT molecular complexity index is 345. The van der Waals surface area contributed by atoms with Gasteiger partial charge < -0.3 is 5.73 Å². The van der Waals surface area contributed by atoms with Crippen LogP contribution in [0.2, 0.25) is 5.02 Å². The van der Waals surface area contributed by atoms with E-state index in [1.807, 2.05) is 0 Å². The van der Waals surface area contributed by atoms with Crippen molar-refractivity contribution in [1.29, 1.82) is 0 Å². The van der Waals surface area contributed by atoms with Gasteiger partial charge in [0.15, 0.2) is 0 Å². The van der Waals surface area contributed by atoms with E-state index in [2.05, 4.69) is 0 Å². The molecule has 0 radical (unpaired) electrons. The predicted molar refractivity (Wildman–Crippen MR) is 53.3 cm³/mol. The van der Waals surface area contributed by atoms with Gasteiger partial charge in [-0.05, 0) is 32.4 Å². The summed E-state index contributed by atoms with van der Waals surface area (Å²) in [6.45, 7) is 3.40. The fraction of sp³-hybridized carbons (Fsp3) is 0.400. The Hall–Kier alpha value is -0.670. The minimum atomic E-state index is -0.717. The first kappa shape index (κ1) is 11.4. The molecular formula is C10H12ClF2N. The molecule has 0 amide bonds. The monoisotopic (exact) mass is 219 g/mol. The Morgan fingerprint density at radius 1 is 1.36 bits per heavy atom. The highest BCUT2D eigenvalue weighted by atomic mass is 35.5. The van der Waals surface area contributed by atoms with Crippen LogP contribution < -0.4 is 5.73 Å². The Morgan fingerprint density at radius 3 is 2.43 bits per heavy atom. The molecule has 0 unspecified atom stereocenters. The van der Waals surface area contributed by atoms with Gasteiger partial charge in [0.05, 0.1) is 5.02 Å². The van der Waals surface area contributed by atoms with Crippen LogP contribution in [0, 0.1) is 11.6 Å². The van der Waals surface area contributed by atoms with E-state index in [-0.39, 0.29) is 17.0 Å². The molecule has 0 fully saturated rings. The van der Waals surface area contributed by atoms with E-state index >= 15 is 0 Å². The minimum absolute atomic E-state index is 0.0509. The molecule has 2 N–H and O–H groups in total. The van der Waals surface area contributed by atoms with Crippen LogP contribution in [0.1, 0.15) is 19.4 Å². The number of benzene rings is 1. The fourth-order valence-electron chi connectivity index (χ4n) is 1.19. The van der Waals surface area contributed by atoms with E-state index in [1.54, 1.807) is 13.8 Å². The topological polar surface area (TPSA) is 26.0 Å². The number of rotatable bonds is 2. The van der Waals surface area contributed by atoms with Crippen molar-refractivity contribution < 1.29 is 8.78 Å². The zero-order valence-electron chi connectivity index (χ0n) is 8.07. The summed E-state index contributed by atoms with van der Waals surface area (Å²) >= 11 is 5.53. The molecule has 1 aromatic rings. The highest BCUT2D eigenvalue weighted by Gasteiger charge is 2.19. The highest BCUT2D eigenvalue weighted by Crippen LogP contribution is 2.23. The van der Waals surface area contributed by atoms with E-state index < -0.39 is 17.2 Å². The van der Waals surface area contributed by atoms with Gasteiger partial charge in [-0.15, -0.1) is 0 Å². The lowest BCUT2D eigenvalue weighted by molar-refractivity contribution is 0.473. The molecule has 0 aromatic heterocycles. The average molecular weight is 220 g/mol. The van der Waals surface area contributed by atoms with Crippen LogP contribution in [-0.2, 0) is 6.42 Å². The summed E-state index contributed by atoms with van der Waals surface area (Å²) in [4.78, 5) is 0. The first-order chi connectivity index (χ1) is 6.31. The quantitative estimate of drug-likeness (QED) is 0.761. The van der Waals surface area contributed by atoms with Crippen molar-refractivity contribution in [1.82, 2.24) is 0 Å². The summed E-state index contributed by atoms with van der Waals surface area (Å²) in [7, 11) is 0. The van der Waals surface area contributed by atoms with Gasteiger partial charge in [-0.1, -0.05) is 11.6 Å². The molecule has 0 spiro atoms. The third kappa shape index (κ3) is 2.66. The fourth-order valence-corrected chi connectivity index (χ4v) is 1.36. The predicted octanol–water partition coefficient (Wildman–Crippen LogP) is 2.90. The van der Waals surface area contributed by atoms with E-state index in [9.17, 15) is 8.78 Å². The lowest BCUT2D eigenvalue weighted by atomic mass is 9.95. The SMILES string of the molecule is CC(C)(N)Cc1c(F)ccc(Cl)c1F. The first-order valence-electron chi connectivity index (χ1n) is 4.22. The second kappa shape index (κ2) is 3.83. The van der Waals surface area contributed by atoms with Gasteiger partial charge >= 0.3 is 0 Å². The van der Waals surface area contributed by atoms with Crippen molar-refractivity contribution in [2.75, 3.05) is 0 Å². The van der Waals surface area contributed by atoms with Gasteiger partial charge in [0.1, 0.15) is 11.6 Å². The number of nitrogens with two attached hydrogens (primary N) is 1. The van der Waals surface area contributed by atoms with Crippen molar-refractivity contribution in [2.45, 2.75) is 25.8 Å². The maximum atomic E-state index is 13.4. The summed E-state index contributed by atoms with van der Waals surface area (Å²) in [5.74, 6) is -1.32. The summed E-state index contributed by atoms with van der Waals surface area (Å²) in [5, 5.41) is -0.0781. The van der Waals surface area contributed by atoms with Crippen LogP contribution >= 0.6 is 11.6 Å². The summed E-state index contributed by atoms with van der Waals surface area (Å²) in [5.41, 5.74) is 4.97. The Labute approximate surface area is 86.9 Å². The van der Waals surface area contributed by atoms with Crippen molar-refractivity contribution in [3.8, 4) is 0 Å². The molecule has 0 saturated heterocycles. The second-order valence-electron chi connectivity index (χ2n) is 3.99. The Morgan fingerprint density at radius 2 is 1.93 bits per heavy atom. The zero-order chi connectivity index (χ0) is 10.9. The smallest absolute Gasteiger partial charge is 0.147 e. The van der Waals surface area contributed by atoms with Gasteiger partial charge in [0, 0.05) is 11.1 Å². The van der Waals surface area contributed by atoms with Gasteiger partial charge in [0.25, 0.3) is 0 Å². The van der Waals surface area contributed by atoms with Gasteiger partial charge in [-0.25, -0.2) is 8.78 Å². The van der Waals surface area contributed by atoms with Gasteiger partial charge in [-0.2, -0.15) is 0 Å². The molecule has 14 heavy (non-hydrogen) atoms. The van der Waals surface area contributed by atoms with E-state index in [0.29, 0.717) is 0 Å². The van der Waals surface area contributed by atoms with Crippen LogP contribution in [0.5, 0.6) is 0 Å². The summed E-state index contributed by atoms with van der Waals surface area (Å²) in [6, 6.07) is 2.34. The number of hydrogen-bond donors (Lipinski definition) is 1. The molecular weight excluding hydrogens is 208 g/mol. The van der Waals surface area contributed by atoms with E-state index in [4.69, 9.17) is 17.3 Å². The molecule has 0 aliphatic rings. The minimum Gasteiger partial charge on any atom is -0.325 e. The molecule has 0 bridgehead atoms. The molecule has 0 heterocycles. The Kier molecular flexibility index (Phi) is 3.12. The Balaban J connectivity index is 3.13. The van der Waals surface area contributed by atoms with Crippen molar-refractivity contribution in [3.05, 3.63) is 34.4 Å². The largest absolute Gasteiger partial charge is 0.325 e. The average Bonchev–Trinajstić information content (AvgIpc) is 2.04. The molecule has 78 valence electrons. The normalized spacial score (nSPS) is 11.9. The summed E-state index contributed by atoms with van der Waals surface area (Å²) < 4.78 is 26.6. The van der Waals surface area contributed by atoms with E-state index in [0.717, 1.165) is 6.07 Å². The standard InChI is InChI=1S/C10H12ClF2N/c1-10(2,14)5-6-8(12)4-3-7(11)9(6)13/h3-4H,5,14H2,1-2H3. The zero-order valence-corrected chi connectivity index (χ0v) is 8.83. The third-order valence-electron chi connectivity index (χ3n) is 1.77. The maximum Gasteiger partial charge on any atom is 0.147 e. The highest BCUT2D eigenvalue weighted by molar-refractivity contribution is 6.30. The van der Waals surface area contributed by atoms with Crippen LogP contribution in [0.3, 0.4) is 0 Å². The lowest BCUT2D eigenvalue weighted by Gasteiger charge is -2.19. The van der Waals surface area contributed by atoms with Crippen LogP contribution in [0.25, 0.3) is 0 Å². The molecule has 0 saturated carbocycles. The van der Waals surface area contributed by atoms with Crippen molar-refractivity contribution >= 4 is 11.6 Å². The molecule has 0 aliphatic heterocycles. The molecule has 0 aliphatic carbocycles. The van der Waals surface area contributed by atoms with Crippen molar-refractivity contribution in [3.63, 3.8) is 0 Å². The first-order valence-corrected chi connectivity index (χ1v) is 4.60. The lowest BCUT2D eigenvalue weighted by Crippen LogP contribution is -2.35. The number of halogens is 3. The van der Waals surface area contributed by atoms with Gasteiger partial charge in [-0.3, -0.25) is 0 Å². The summed E-state index contributed by atoms with van der Waals surface area (Å²) in [6.07, 6.45) is 0.116. The molecule has 0 atom stereocenters. The third-order valence-corrected chi connectivity index (χ3v) is 2.06. The number of hydrogen-bond acceptors (Lipinski definition) is 1. The van der Waals surface area contributed by atoms with Crippen LogP contribution in [-0.4, -0.2) is 5.54 Å². The van der Waals surface area contributed by atoms with Gasteiger partial charge in [0.2, 0.25) is 0 Å².